The van der Waals surface area contributed by atoms with Crippen LogP contribution in [0.3, 0.4) is 0 Å². The van der Waals surface area contributed by atoms with Crippen LogP contribution in [0.5, 0.6) is 11.5 Å². The first-order valence-corrected chi connectivity index (χ1v) is 10.2. The van der Waals surface area contributed by atoms with Crippen molar-refractivity contribution in [3.05, 3.63) is 89.1 Å². The molecule has 3 aromatic rings. The average molecular weight is 428 g/mol. The number of hydrogen-bond donors (Lipinski definition) is 1. The monoisotopic (exact) mass is 428 g/mol. The summed E-state index contributed by atoms with van der Waals surface area (Å²) < 4.78 is 11.0. The lowest BCUT2D eigenvalue weighted by atomic mass is 10.0. The summed E-state index contributed by atoms with van der Waals surface area (Å²) in [6.45, 7) is 3.86. The van der Waals surface area contributed by atoms with Crippen molar-refractivity contribution in [2.24, 2.45) is 0 Å². The number of ether oxygens (including phenoxy) is 2. The highest BCUT2D eigenvalue weighted by Gasteiger charge is 2.42. The van der Waals surface area contributed by atoms with Gasteiger partial charge in [-0.1, -0.05) is 36.4 Å². The number of amides is 2. The Balaban J connectivity index is 1.90. The van der Waals surface area contributed by atoms with E-state index in [0.717, 1.165) is 16.0 Å². The van der Waals surface area contributed by atoms with Crippen molar-refractivity contribution in [1.29, 1.82) is 0 Å². The molecule has 3 aromatic carbocycles. The molecular weight excluding hydrogens is 404 g/mol. The molecule has 0 spiro atoms. The van der Waals surface area contributed by atoms with Crippen LogP contribution in [0.2, 0.25) is 0 Å². The SMILES string of the molecule is COc1ccccc1C1=C(Nc2cccc(C)c2)C(=O)N(c2cc(C)ccc2OC)C1=O. The van der Waals surface area contributed by atoms with E-state index in [1.54, 1.807) is 24.3 Å². The molecule has 0 bridgehead atoms. The summed E-state index contributed by atoms with van der Waals surface area (Å²) in [5.41, 5.74) is 4.02. The van der Waals surface area contributed by atoms with Crippen molar-refractivity contribution in [3.63, 3.8) is 0 Å². The molecule has 32 heavy (non-hydrogen) atoms. The predicted molar refractivity (Wildman–Crippen MR) is 125 cm³/mol. The fourth-order valence-corrected chi connectivity index (χ4v) is 3.81. The fraction of sp³-hybridized carbons (Fsp3) is 0.154. The minimum atomic E-state index is -0.457. The number of carbonyl (C=O) groups is 2. The molecule has 0 radical (unpaired) electrons. The Bertz CT molecular complexity index is 1250. The van der Waals surface area contributed by atoms with E-state index in [0.29, 0.717) is 28.4 Å². The molecule has 2 amide bonds. The van der Waals surface area contributed by atoms with E-state index in [9.17, 15) is 9.59 Å². The van der Waals surface area contributed by atoms with Crippen LogP contribution in [0.4, 0.5) is 11.4 Å². The number of nitrogens with one attached hydrogen (secondary N) is 1. The number of rotatable bonds is 6. The number of nitrogens with zero attached hydrogens (tertiary/aromatic N) is 1. The number of methoxy groups -OCH3 is 2. The first kappa shape index (κ1) is 21.2. The molecule has 0 fully saturated rings. The van der Waals surface area contributed by atoms with Gasteiger partial charge in [0.2, 0.25) is 0 Å². The quantitative estimate of drug-likeness (QED) is 0.576. The summed E-state index contributed by atoms with van der Waals surface area (Å²) in [7, 11) is 3.05. The Labute approximate surface area is 187 Å². The molecule has 0 atom stereocenters. The van der Waals surface area contributed by atoms with E-state index >= 15 is 0 Å². The van der Waals surface area contributed by atoms with Gasteiger partial charge in [0.25, 0.3) is 11.8 Å². The predicted octanol–water partition coefficient (Wildman–Crippen LogP) is 4.72. The zero-order valence-corrected chi connectivity index (χ0v) is 18.4. The van der Waals surface area contributed by atoms with Gasteiger partial charge >= 0.3 is 0 Å². The summed E-state index contributed by atoms with van der Waals surface area (Å²) in [5, 5.41) is 3.18. The molecule has 1 aliphatic heterocycles. The number of anilines is 2. The molecule has 1 N–H and O–H groups in total. The normalized spacial score (nSPS) is 13.6. The Morgan fingerprint density at radius 1 is 0.750 bits per heavy atom. The van der Waals surface area contributed by atoms with E-state index in [1.807, 2.05) is 56.3 Å². The first-order valence-electron chi connectivity index (χ1n) is 10.2. The van der Waals surface area contributed by atoms with Gasteiger partial charge in [-0.25, -0.2) is 4.90 Å². The standard InChI is InChI=1S/C26H24N2O4/c1-16-8-7-9-18(14-16)27-24-23(19-10-5-6-11-21(19)31-3)25(29)28(26(24)30)20-15-17(2)12-13-22(20)32-4/h5-15,27H,1-4H3. The van der Waals surface area contributed by atoms with Crippen molar-refractivity contribution in [2.45, 2.75) is 13.8 Å². The zero-order valence-electron chi connectivity index (χ0n) is 18.4. The van der Waals surface area contributed by atoms with Gasteiger partial charge in [0.15, 0.2) is 0 Å². The minimum absolute atomic E-state index is 0.189. The van der Waals surface area contributed by atoms with E-state index in [1.165, 1.54) is 14.2 Å². The smallest absolute Gasteiger partial charge is 0.282 e. The summed E-state index contributed by atoms with van der Waals surface area (Å²) >= 11 is 0. The van der Waals surface area contributed by atoms with E-state index in [2.05, 4.69) is 5.32 Å². The largest absolute Gasteiger partial charge is 0.496 e. The maximum Gasteiger partial charge on any atom is 0.282 e. The van der Waals surface area contributed by atoms with Crippen LogP contribution in [-0.4, -0.2) is 26.0 Å². The number of aryl methyl sites for hydroxylation is 2. The summed E-state index contributed by atoms with van der Waals surface area (Å²) in [6, 6.07) is 20.2. The van der Waals surface area contributed by atoms with Crippen molar-refractivity contribution < 1.29 is 19.1 Å². The van der Waals surface area contributed by atoms with Gasteiger partial charge < -0.3 is 14.8 Å². The topological polar surface area (TPSA) is 67.9 Å². The third-order valence-electron chi connectivity index (χ3n) is 5.32. The lowest BCUT2D eigenvalue weighted by molar-refractivity contribution is -0.120. The highest BCUT2D eigenvalue weighted by atomic mass is 16.5. The van der Waals surface area contributed by atoms with Crippen LogP contribution in [0.15, 0.2) is 72.4 Å². The van der Waals surface area contributed by atoms with E-state index < -0.39 is 11.8 Å². The molecule has 0 saturated carbocycles. The second-order valence-electron chi connectivity index (χ2n) is 7.57. The molecular formula is C26H24N2O4. The van der Waals surface area contributed by atoms with Crippen molar-refractivity contribution in [1.82, 2.24) is 0 Å². The van der Waals surface area contributed by atoms with Gasteiger partial charge in [-0.3, -0.25) is 9.59 Å². The van der Waals surface area contributed by atoms with Crippen molar-refractivity contribution in [3.8, 4) is 11.5 Å². The van der Waals surface area contributed by atoms with Gasteiger partial charge in [0, 0.05) is 11.3 Å². The van der Waals surface area contributed by atoms with Crippen molar-refractivity contribution >= 4 is 28.8 Å². The molecule has 0 aliphatic carbocycles. The first-order chi connectivity index (χ1) is 15.4. The van der Waals surface area contributed by atoms with E-state index in [4.69, 9.17) is 9.47 Å². The summed E-state index contributed by atoms with van der Waals surface area (Å²) in [5.74, 6) is 0.0404. The minimum Gasteiger partial charge on any atom is -0.496 e. The van der Waals surface area contributed by atoms with Gasteiger partial charge in [0.05, 0.1) is 25.5 Å². The van der Waals surface area contributed by atoms with Gasteiger partial charge in [-0.2, -0.15) is 0 Å². The average Bonchev–Trinajstić information content (AvgIpc) is 3.02. The van der Waals surface area contributed by atoms with Gasteiger partial charge in [-0.05, 0) is 55.3 Å². The number of hydrogen-bond acceptors (Lipinski definition) is 5. The van der Waals surface area contributed by atoms with Gasteiger partial charge in [-0.15, -0.1) is 0 Å². The van der Waals surface area contributed by atoms with Crippen LogP contribution in [0, 0.1) is 13.8 Å². The van der Waals surface area contributed by atoms with Crippen molar-refractivity contribution in [2.75, 3.05) is 24.4 Å². The molecule has 1 aliphatic rings. The summed E-state index contributed by atoms with van der Waals surface area (Å²) in [4.78, 5) is 28.5. The molecule has 0 aromatic heterocycles. The van der Waals surface area contributed by atoms with Crippen LogP contribution >= 0.6 is 0 Å². The highest BCUT2D eigenvalue weighted by molar-refractivity contribution is 6.46. The maximum atomic E-state index is 13.7. The number of imide groups is 1. The second kappa shape index (κ2) is 8.59. The Morgan fingerprint density at radius 2 is 1.47 bits per heavy atom. The molecule has 6 nitrogen and oxygen atoms in total. The molecule has 4 rings (SSSR count). The molecule has 0 saturated heterocycles. The number of benzene rings is 3. The number of carbonyl (C=O) groups excluding carboxylic acids is 2. The molecule has 6 heteroatoms. The zero-order chi connectivity index (χ0) is 22.8. The van der Waals surface area contributed by atoms with Crippen LogP contribution < -0.4 is 19.7 Å². The summed E-state index contributed by atoms with van der Waals surface area (Å²) in [6.07, 6.45) is 0. The lowest BCUT2D eigenvalue weighted by Gasteiger charge is -2.19. The second-order valence-corrected chi connectivity index (χ2v) is 7.57. The highest BCUT2D eigenvalue weighted by Crippen LogP contribution is 2.40. The Kier molecular flexibility index (Phi) is 5.69. The third kappa shape index (κ3) is 3.71. The Morgan fingerprint density at radius 3 is 2.19 bits per heavy atom. The fourth-order valence-electron chi connectivity index (χ4n) is 3.81. The number of para-hydroxylation sites is 1. The van der Waals surface area contributed by atoms with Crippen LogP contribution in [0.25, 0.3) is 5.57 Å². The van der Waals surface area contributed by atoms with Gasteiger partial charge in [0.1, 0.15) is 17.2 Å². The maximum absolute atomic E-state index is 13.7. The molecule has 0 unspecified atom stereocenters. The Hall–Kier alpha value is -4.06. The molecule has 1 heterocycles. The molecule has 162 valence electrons. The van der Waals surface area contributed by atoms with E-state index in [-0.39, 0.29) is 11.3 Å². The third-order valence-corrected chi connectivity index (χ3v) is 5.32. The lowest BCUT2D eigenvalue weighted by Crippen LogP contribution is -2.32. The van der Waals surface area contributed by atoms with Crippen LogP contribution in [-0.2, 0) is 9.59 Å². The van der Waals surface area contributed by atoms with Crippen LogP contribution in [0.1, 0.15) is 16.7 Å².